The van der Waals surface area contributed by atoms with E-state index in [1.165, 1.54) is 18.4 Å². The maximum atomic E-state index is 10.9. The van der Waals surface area contributed by atoms with Crippen LogP contribution in [-0.4, -0.2) is 6.29 Å². The van der Waals surface area contributed by atoms with Crippen LogP contribution in [0.25, 0.3) is 0 Å². The van der Waals surface area contributed by atoms with Gasteiger partial charge >= 0.3 is 0 Å². The van der Waals surface area contributed by atoms with E-state index >= 15 is 0 Å². The largest absolute Gasteiger partial charge is 0.302 e. The van der Waals surface area contributed by atoms with Crippen LogP contribution in [0.5, 0.6) is 0 Å². The van der Waals surface area contributed by atoms with E-state index in [-0.39, 0.29) is 5.41 Å². The van der Waals surface area contributed by atoms with E-state index in [1.807, 2.05) is 19.9 Å². The summed E-state index contributed by atoms with van der Waals surface area (Å²) in [6.45, 7) is 3.93. The maximum absolute atomic E-state index is 10.9. The number of hydrogen-bond donors (Lipinski definition) is 0. The van der Waals surface area contributed by atoms with Crippen molar-refractivity contribution in [2.24, 2.45) is 0 Å². The number of carbonyl (C=O) groups excluding carboxylic acids is 1. The van der Waals surface area contributed by atoms with E-state index in [2.05, 4.69) is 18.2 Å². The highest BCUT2D eigenvalue weighted by molar-refractivity contribution is 5.67. The smallest absolute Gasteiger partial charge is 0.129 e. The number of carbonyl (C=O) groups is 1. The quantitative estimate of drug-likeness (QED) is 0.666. The van der Waals surface area contributed by atoms with Crippen LogP contribution >= 0.6 is 0 Å². The molecule has 0 N–H and O–H groups in total. The van der Waals surface area contributed by atoms with Crippen LogP contribution in [-0.2, 0) is 10.2 Å². The number of benzene rings is 1. The van der Waals surface area contributed by atoms with Crippen molar-refractivity contribution in [1.82, 2.24) is 0 Å². The van der Waals surface area contributed by atoms with Gasteiger partial charge in [-0.05, 0) is 43.7 Å². The van der Waals surface area contributed by atoms with E-state index < -0.39 is 0 Å². The molecule has 1 aliphatic rings. The molecular formula is C13H16O. The van der Waals surface area contributed by atoms with Gasteiger partial charge in [0.05, 0.1) is 0 Å². The van der Waals surface area contributed by atoms with Crippen molar-refractivity contribution >= 4 is 6.29 Å². The van der Waals surface area contributed by atoms with E-state index in [9.17, 15) is 4.79 Å². The van der Waals surface area contributed by atoms with Gasteiger partial charge in [-0.25, -0.2) is 0 Å². The first kappa shape index (κ1) is 9.45. The third kappa shape index (κ3) is 1.72. The molecule has 0 radical (unpaired) electrons. The molecule has 0 atom stereocenters. The fraction of sp³-hybridized carbons (Fsp3) is 0.462. The highest BCUT2D eigenvalue weighted by Gasteiger charge is 2.26. The molecule has 14 heavy (non-hydrogen) atoms. The Morgan fingerprint density at radius 1 is 1.36 bits per heavy atom. The van der Waals surface area contributed by atoms with Crippen LogP contribution in [0.1, 0.15) is 43.7 Å². The molecule has 0 aromatic heterocycles. The summed E-state index contributed by atoms with van der Waals surface area (Å²) in [5.74, 6) is 0.761. The zero-order valence-electron chi connectivity index (χ0n) is 8.79. The van der Waals surface area contributed by atoms with Gasteiger partial charge in [0.25, 0.3) is 0 Å². The van der Waals surface area contributed by atoms with Gasteiger partial charge in [0.1, 0.15) is 6.29 Å². The molecule has 1 nitrogen and oxygen atoms in total. The van der Waals surface area contributed by atoms with Gasteiger partial charge in [0.15, 0.2) is 0 Å². The lowest BCUT2D eigenvalue weighted by atomic mass is 9.85. The second kappa shape index (κ2) is 3.23. The molecule has 1 saturated carbocycles. The fourth-order valence-electron chi connectivity index (χ4n) is 1.68. The van der Waals surface area contributed by atoms with Gasteiger partial charge in [0, 0.05) is 5.41 Å². The van der Waals surface area contributed by atoms with Gasteiger partial charge in [-0.3, -0.25) is 0 Å². The summed E-state index contributed by atoms with van der Waals surface area (Å²) >= 11 is 0. The van der Waals surface area contributed by atoms with Crippen molar-refractivity contribution < 1.29 is 4.79 Å². The summed E-state index contributed by atoms with van der Waals surface area (Å²) in [5.41, 5.74) is 2.19. The average Bonchev–Trinajstić information content (AvgIpc) is 3.01. The molecule has 1 fully saturated rings. The minimum Gasteiger partial charge on any atom is -0.302 e. The van der Waals surface area contributed by atoms with Crippen molar-refractivity contribution in [3.63, 3.8) is 0 Å². The standard InChI is InChI=1S/C13H16O/c1-13(2,9-14)12-5-3-4-11(8-12)10-6-7-10/h3-5,8-10H,6-7H2,1-2H3. The lowest BCUT2D eigenvalue weighted by Crippen LogP contribution is -2.18. The van der Waals surface area contributed by atoms with Crippen LogP contribution in [0.4, 0.5) is 0 Å². The third-order valence-electron chi connectivity index (χ3n) is 2.97. The lowest BCUT2D eigenvalue weighted by molar-refractivity contribution is -0.111. The monoisotopic (exact) mass is 188 g/mol. The number of hydrogen-bond acceptors (Lipinski definition) is 1. The molecule has 1 aromatic carbocycles. The Balaban J connectivity index is 2.34. The minimum atomic E-state index is -0.342. The fourth-order valence-corrected chi connectivity index (χ4v) is 1.68. The molecule has 1 aliphatic carbocycles. The maximum Gasteiger partial charge on any atom is 0.129 e. The minimum absolute atomic E-state index is 0.342. The molecule has 1 aromatic rings. The Labute approximate surface area is 85.1 Å². The van der Waals surface area contributed by atoms with E-state index in [1.54, 1.807) is 0 Å². The predicted octanol–water partition coefficient (Wildman–Crippen LogP) is 3.04. The van der Waals surface area contributed by atoms with E-state index in [0.717, 1.165) is 17.8 Å². The summed E-state index contributed by atoms with van der Waals surface area (Å²) in [6, 6.07) is 8.46. The summed E-state index contributed by atoms with van der Waals surface area (Å²) in [6.07, 6.45) is 3.65. The lowest BCUT2D eigenvalue weighted by Gasteiger charge is -2.18. The molecule has 0 saturated heterocycles. The molecule has 2 rings (SSSR count). The summed E-state index contributed by atoms with van der Waals surface area (Å²) in [5, 5.41) is 0. The van der Waals surface area contributed by atoms with E-state index in [4.69, 9.17) is 0 Å². The Bertz CT molecular complexity index is 348. The second-order valence-electron chi connectivity index (χ2n) is 4.74. The Hall–Kier alpha value is -1.11. The van der Waals surface area contributed by atoms with Crippen LogP contribution in [0.15, 0.2) is 24.3 Å². The number of rotatable bonds is 3. The average molecular weight is 188 g/mol. The highest BCUT2D eigenvalue weighted by atomic mass is 16.1. The summed E-state index contributed by atoms with van der Waals surface area (Å²) in [4.78, 5) is 10.9. The predicted molar refractivity (Wildman–Crippen MR) is 57.5 cm³/mol. The second-order valence-corrected chi connectivity index (χ2v) is 4.74. The van der Waals surface area contributed by atoms with Crippen molar-refractivity contribution in [2.75, 3.05) is 0 Å². The zero-order valence-corrected chi connectivity index (χ0v) is 8.79. The Morgan fingerprint density at radius 2 is 2.07 bits per heavy atom. The van der Waals surface area contributed by atoms with Crippen molar-refractivity contribution in [1.29, 1.82) is 0 Å². The molecule has 0 amide bonds. The first-order chi connectivity index (χ1) is 6.63. The van der Waals surface area contributed by atoms with Gasteiger partial charge in [0.2, 0.25) is 0 Å². The highest BCUT2D eigenvalue weighted by Crippen LogP contribution is 2.40. The van der Waals surface area contributed by atoms with Crippen molar-refractivity contribution in [2.45, 2.75) is 38.0 Å². The van der Waals surface area contributed by atoms with Crippen molar-refractivity contribution in [3.8, 4) is 0 Å². The van der Waals surface area contributed by atoms with Crippen LogP contribution in [0.2, 0.25) is 0 Å². The summed E-state index contributed by atoms with van der Waals surface area (Å²) in [7, 11) is 0. The van der Waals surface area contributed by atoms with Crippen LogP contribution in [0, 0.1) is 0 Å². The molecule has 0 spiro atoms. The molecule has 0 heterocycles. The Kier molecular flexibility index (Phi) is 2.18. The summed E-state index contributed by atoms with van der Waals surface area (Å²) < 4.78 is 0. The molecule has 0 bridgehead atoms. The third-order valence-corrected chi connectivity index (χ3v) is 2.97. The van der Waals surface area contributed by atoms with Gasteiger partial charge in [-0.15, -0.1) is 0 Å². The van der Waals surface area contributed by atoms with Gasteiger partial charge < -0.3 is 4.79 Å². The Morgan fingerprint density at radius 3 is 2.64 bits per heavy atom. The van der Waals surface area contributed by atoms with Gasteiger partial charge in [-0.2, -0.15) is 0 Å². The molecular weight excluding hydrogens is 172 g/mol. The van der Waals surface area contributed by atoms with E-state index in [0.29, 0.717) is 0 Å². The van der Waals surface area contributed by atoms with Crippen LogP contribution < -0.4 is 0 Å². The SMILES string of the molecule is CC(C)(C=O)c1cccc(C2CC2)c1. The topological polar surface area (TPSA) is 17.1 Å². The van der Waals surface area contributed by atoms with Gasteiger partial charge in [-0.1, -0.05) is 24.3 Å². The first-order valence-corrected chi connectivity index (χ1v) is 5.20. The van der Waals surface area contributed by atoms with Crippen molar-refractivity contribution in [3.05, 3.63) is 35.4 Å². The molecule has 0 aliphatic heterocycles. The van der Waals surface area contributed by atoms with Crippen LogP contribution in [0.3, 0.4) is 0 Å². The zero-order chi connectivity index (χ0) is 10.2. The normalized spacial score (nSPS) is 16.7. The molecule has 1 heteroatoms. The molecule has 0 unspecified atom stereocenters. The number of aldehydes is 1. The first-order valence-electron chi connectivity index (χ1n) is 5.20. The molecule has 74 valence electrons.